The summed E-state index contributed by atoms with van der Waals surface area (Å²) in [7, 11) is 6.54. The van der Waals surface area contributed by atoms with Crippen molar-refractivity contribution in [2.24, 2.45) is 10.2 Å². The maximum Gasteiger partial charge on any atom is 0.322 e. The molecule has 1 heterocycles. The summed E-state index contributed by atoms with van der Waals surface area (Å²) in [6, 6.07) is 7.30. The highest BCUT2D eigenvalue weighted by atomic mass is 16.5. The van der Waals surface area contributed by atoms with Gasteiger partial charge < -0.3 is 25.0 Å². The fourth-order valence-electron chi connectivity index (χ4n) is 2.96. The fourth-order valence-corrected chi connectivity index (χ4v) is 2.96. The number of rotatable bonds is 12. The number of ether oxygens (including phenoxy) is 2. The lowest BCUT2D eigenvalue weighted by atomic mass is 10.2. The Morgan fingerprint density at radius 2 is 1.56 bits per heavy atom. The van der Waals surface area contributed by atoms with Crippen molar-refractivity contribution in [2.75, 3.05) is 57.5 Å². The zero-order valence-corrected chi connectivity index (χ0v) is 21.0. The molecule has 0 aliphatic heterocycles. The molecule has 2 rings (SSSR count). The van der Waals surface area contributed by atoms with Gasteiger partial charge in [-0.05, 0) is 38.0 Å². The number of carbonyl (C=O) groups excluding carboxylic acids is 1. The summed E-state index contributed by atoms with van der Waals surface area (Å²) in [6.07, 6.45) is 0.938. The molecule has 0 aliphatic rings. The number of amides is 2. The second-order valence-corrected chi connectivity index (χ2v) is 8.14. The van der Waals surface area contributed by atoms with Crippen LogP contribution >= 0.6 is 0 Å². The number of azo groups is 1. The molecule has 0 saturated carbocycles. The Balaban J connectivity index is 2.54. The Labute approximate surface area is 201 Å². The molecule has 0 aliphatic carbocycles. The lowest BCUT2D eigenvalue weighted by Crippen LogP contribution is -2.29. The first-order chi connectivity index (χ1) is 16.3. The number of aromatic nitrogens is 2. The van der Waals surface area contributed by atoms with Gasteiger partial charge in [-0.1, -0.05) is 19.1 Å². The van der Waals surface area contributed by atoms with Gasteiger partial charge in [0, 0.05) is 40.4 Å². The molecule has 2 aromatic rings. The molecular weight excluding hydrogens is 436 g/mol. The maximum atomic E-state index is 12.5. The van der Waals surface area contributed by atoms with E-state index in [1.54, 1.807) is 28.3 Å². The predicted molar refractivity (Wildman–Crippen MR) is 135 cm³/mol. The number of nitrogens with one attached hydrogen (secondary N) is 3. The van der Waals surface area contributed by atoms with Crippen molar-refractivity contribution in [2.45, 2.75) is 39.3 Å². The van der Waals surface area contributed by atoms with Crippen LogP contribution in [0.2, 0.25) is 0 Å². The van der Waals surface area contributed by atoms with Crippen molar-refractivity contribution in [3.05, 3.63) is 29.8 Å². The molecule has 0 fully saturated rings. The van der Waals surface area contributed by atoms with Crippen molar-refractivity contribution in [1.82, 2.24) is 14.9 Å². The molecule has 0 radical (unpaired) electrons. The minimum absolute atomic E-state index is 0.0591. The smallest absolute Gasteiger partial charge is 0.322 e. The average molecular weight is 473 g/mol. The van der Waals surface area contributed by atoms with E-state index in [0.29, 0.717) is 36.4 Å². The first-order valence-electron chi connectivity index (χ1n) is 11.2. The van der Waals surface area contributed by atoms with Crippen molar-refractivity contribution >= 4 is 35.0 Å². The number of anilines is 3. The standard InChI is InChI=1S/C23H36N8O3/c1-8-17-9-11-18(12-10-17)29-30-19-20(24-15(2)13-33-6)26-22(25-16(3)14-34-7)27-21(19)28-23(32)31(4)5/h9-12,15-16H,8,13-14H2,1-7H3,(H3,24,25,26,27,28,32). The van der Waals surface area contributed by atoms with E-state index in [1.165, 1.54) is 10.5 Å². The summed E-state index contributed by atoms with van der Waals surface area (Å²) in [5.74, 6) is 0.952. The predicted octanol–water partition coefficient (Wildman–Crippen LogP) is 4.44. The van der Waals surface area contributed by atoms with E-state index in [4.69, 9.17) is 9.47 Å². The van der Waals surface area contributed by atoms with Crippen LogP contribution in [-0.4, -0.2) is 74.5 Å². The second-order valence-electron chi connectivity index (χ2n) is 8.14. The van der Waals surface area contributed by atoms with E-state index in [2.05, 4.69) is 43.1 Å². The summed E-state index contributed by atoms with van der Waals surface area (Å²) in [6.45, 7) is 6.89. The van der Waals surface area contributed by atoms with E-state index in [1.807, 2.05) is 38.1 Å². The summed E-state index contributed by atoms with van der Waals surface area (Å²) >= 11 is 0. The van der Waals surface area contributed by atoms with Gasteiger partial charge in [0.05, 0.1) is 18.9 Å². The van der Waals surface area contributed by atoms with Crippen molar-refractivity contribution in [1.29, 1.82) is 0 Å². The normalized spacial score (nSPS) is 12.9. The Kier molecular flexibility index (Phi) is 10.6. The van der Waals surface area contributed by atoms with Crippen LogP contribution in [0.4, 0.5) is 33.8 Å². The van der Waals surface area contributed by atoms with Gasteiger partial charge in [0.15, 0.2) is 17.3 Å². The molecule has 11 nitrogen and oxygen atoms in total. The summed E-state index contributed by atoms with van der Waals surface area (Å²) in [4.78, 5) is 23.0. The Bertz CT molecular complexity index is 950. The molecule has 186 valence electrons. The second kappa shape index (κ2) is 13.4. The number of hydrogen-bond acceptors (Lipinski definition) is 9. The lowest BCUT2D eigenvalue weighted by Gasteiger charge is -2.20. The van der Waals surface area contributed by atoms with Gasteiger partial charge in [0.2, 0.25) is 5.95 Å². The number of hydrogen-bond donors (Lipinski definition) is 3. The zero-order valence-electron chi connectivity index (χ0n) is 21.0. The number of aryl methyl sites for hydroxylation is 1. The minimum Gasteiger partial charge on any atom is -0.383 e. The molecule has 1 aromatic heterocycles. The minimum atomic E-state index is -0.353. The third-order valence-corrected chi connectivity index (χ3v) is 4.72. The number of nitrogens with zero attached hydrogens (tertiary/aromatic N) is 5. The van der Waals surface area contributed by atoms with Gasteiger partial charge in [0.1, 0.15) is 0 Å². The third-order valence-electron chi connectivity index (χ3n) is 4.72. The first-order valence-corrected chi connectivity index (χ1v) is 11.2. The van der Waals surface area contributed by atoms with Crippen LogP contribution in [0.15, 0.2) is 34.5 Å². The SMILES string of the molecule is CCc1ccc(N=Nc2c(NC(=O)N(C)C)nc(NC(C)COC)nc2NC(C)COC)cc1. The average Bonchev–Trinajstić information content (AvgIpc) is 2.79. The third kappa shape index (κ3) is 8.23. The molecule has 2 atom stereocenters. The molecule has 34 heavy (non-hydrogen) atoms. The van der Waals surface area contributed by atoms with E-state index in [9.17, 15) is 4.79 Å². The van der Waals surface area contributed by atoms with Gasteiger partial charge in [-0.15, -0.1) is 5.11 Å². The molecule has 0 saturated heterocycles. The Hall–Kier alpha value is -3.31. The molecule has 3 N–H and O–H groups in total. The largest absolute Gasteiger partial charge is 0.383 e. The number of urea groups is 1. The van der Waals surface area contributed by atoms with Crippen LogP contribution < -0.4 is 16.0 Å². The van der Waals surface area contributed by atoms with Crippen molar-refractivity contribution in [3.63, 3.8) is 0 Å². The number of carbonyl (C=O) groups is 1. The maximum absolute atomic E-state index is 12.5. The van der Waals surface area contributed by atoms with Crippen LogP contribution in [-0.2, 0) is 15.9 Å². The van der Waals surface area contributed by atoms with Gasteiger partial charge >= 0.3 is 6.03 Å². The van der Waals surface area contributed by atoms with Crippen LogP contribution in [0.5, 0.6) is 0 Å². The van der Waals surface area contributed by atoms with Crippen LogP contribution in [0, 0.1) is 0 Å². The summed E-state index contributed by atoms with van der Waals surface area (Å²) < 4.78 is 10.4. The van der Waals surface area contributed by atoms with Crippen molar-refractivity contribution < 1.29 is 14.3 Å². The fraction of sp³-hybridized carbons (Fsp3) is 0.522. The highest BCUT2D eigenvalue weighted by molar-refractivity contribution is 5.93. The quantitative estimate of drug-likeness (QED) is 0.390. The highest BCUT2D eigenvalue weighted by Crippen LogP contribution is 2.34. The molecule has 0 spiro atoms. The van der Waals surface area contributed by atoms with E-state index < -0.39 is 0 Å². The number of benzene rings is 1. The van der Waals surface area contributed by atoms with Gasteiger partial charge in [-0.25, -0.2) is 4.79 Å². The van der Waals surface area contributed by atoms with Gasteiger partial charge in [0.25, 0.3) is 0 Å². The first kappa shape index (κ1) is 26.9. The molecule has 0 bridgehead atoms. The monoisotopic (exact) mass is 472 g/mol. The molecule has 1 aromatic carbocycles. The summed E-state index contributed by atoms with van der Waals surface area (Å²) in [5, 5.41) is 18.1. The lowest BCUT2D eigenvalue weighted by molar-refractivity contribution is 0.190. The Morgan fingerprint density at radius 1 is 0.971 bits per heavy atom. The molecular formula is C23H36N8O3. The van der Waals surface area contributed by atoms with Crippen LogP contribution in [0.25, 0.3) is 0 Å². The summed E-state index contributed by atoms with van der Waals surface area (Å²) in [5.41, 5.74) is 2.19. The van der Waals surface area contributed by atoms with Crippen LogP contribution in [0.3, 0.4) is 0 Å². The molecule has 11 heteroatoms. The van der Waals surface area contributed by atoms with Crippen molar-refractivity contribution in [3.8, 4) is 0 Å². The van der Waals surface area contributed by atoms with E-state index in [0.717, 1.165) is 6.42 Å². The Morgan fingerprint density at radius 3 is 2.12 bits per heavy atom. The van der Waals surface area contributed by atoms with Gasteiger partial charge in [-0.3, -0.25) is 5.32 Å². The zero-order chi connectivity index (χ0) is 25.1. The number of methoxy groups -OCH3 is 2. The van der Waals surface area contributed by atoms with E-state index >= 15 is 0 Å². The molecule has 2 unspecified atom stereocenters. The van der Waals surface area contributed by atoms with E-state index in [-0.39, 0.29) is 23.9 Å². The highest BCUT2D eigenvalue weighted by Gasteiger charge is 2.20. The topological polar surface area (TPSA) is 125 Å². The van der Waals surface area contributed by atoms with Crippen LogP contribution in [0.1, 0.15) is 26.3 Å². The van der Waals surface area contributed by atoms with Gasteiger partial charge in [-0.2, -0.15) is 15.1 Å². The molecule has 2 amide bonds.